The summed E-state index contributed by atoms with van der Waals surface area (Å²) in [7, 11) is 0. The van der Waals surface area contributed by atoms with Crippen LogP contribution >= 0.6 is 0 Å². The van der Waals surface area contributed by atoms with Crippen LogP contribution in [0.3, 0.4) is 0 Å². The van der Waals surface area contributed by atoms with Crippen molar-refractivity contribution in [3.8, 4) is 0 Å². The van der Waals surface area contributed by atoms with E-state index in [0.717, 1.165) is 25.8 Å². The Morgan fingerprint density at radius 3 is 2.48 bits per heavy atom. The van der Waals surface area contributed by atoms with Crippen LogP contribution in [0.25, 0.3) is 0 Å². The Balaban J connectivity index is 1.63. The van der Waals surface area contributed by atoms with Gasteiger partial charge in [-0.25, -0.2) is 0 Å². The molecular formula is C16H27N3O2. The van der Waals surface area contributed by atoms with E-state index in [4.69, 9.17) is 0 Å². The molecule has 0 radical (unpaired) electrons. The maximum atomic E-state index is 12.7. The third kappa shape index (κ3) is 3.07. The molecule has 2 amide bonds. The van der Waals surface area contributed by atoms with E-state index in [2.05, 4.69) is 10.6 Å². The summed E-state index contributed by atoms with van der Waals surface area (Å²) in [5, 5.41) is 6.82. The van der Waals surface area contributed by atoms with Gasteiger partial charge < -0.3 is 15.5 Å². The van der Waals surface area contributed by atoms with E-state index >= 15 is 0 Å². The number of nitrogens with one attached hydrogen (secondary N) is 2. The van der Waals surface area contributed by atoms with Crippen LogP contribution in [0.1, 0.15) is 52.4 Å². The summed E-state index contributed by atoms with van der Waals surface area (Å²) in [5.41, 5.74) is 0. The maximum Gasteiger partial charge on any atom is 0.243 e. The van der Waals surface area contributed by atoms with Crippen molar-refractivity contribution in [3.63, 3.8) is 0 Å². The molecule has 0 aromatic carbocycles. The Bertz CT molecular complexity index is 412. The SMILES string of the molecule is CC(C)C(C(=O)NC1CC2CCC(C1)N2)N1CCCC1=O. The van der Waals surface area contributed by atoms with E-state index in [-0.39, 0.29) is 29.8 Å². The molecule has 118 valence electrons. The van der Waals surface area contributed by atoms with Crippen molar-refractivity contribution in [2.75, 3.05) is 6.54 Å². The topological polar surface area (TPSA) is 61.4 Å². The first-order chi connectivity index (χ1) is 10.0. The van der Waals surface area contributed by atoms with Gasteiger partial charge in [0.25, 0.3) is 0 Å². The fraction of sp³-hybridized carbons (Fsp3) is 0.875. The van der Waals surface area contributed by atoms with Gasteiger partial charge in [0.15, 0.2) is 0 Å². The lowest BCUT2D eigenvalue weighted by molar-refractivity contribution is -0.139. The maximum absolute atomic E-state index is 12.7. The van der Waals surface area contributed by atoms with Crippen LogP contribution in [0.4, 0.5) is 0 Å². The van der Waals surface area contributed by atoms with Gasteiger partial charge in [-0.1, -0.05) is 13.8 Å². The Hall–Kier alpha value is -1.10. The van der Waals surface area contributed by atoms with Crippen LogP contribution in [0.2, 0.25) is 0 Å². The van der Waals surface area contributed by atoms with Crippen molar-refractivity contribution < 1.29 is 9.59 Å². The van der Waals surface area contributed by atoms with Crippen molar-refractivity contribution in [3.05, 3.63) is 0 Å². The molecule has 2 bridgehead atoms. The average molecular weight is 293 g/mol. The third-order valence-electron chi connectivity index (χ3n) is 5.17. The summed E-state index contributed by atoms with van der Waals surface area (Å²) < 4.78 is 0. The Labute approximate surface area is 126 Å². The van der Waals surface area contributed by atoms with E-state index < -0.39 is 0 Å². The number of carbonyl (C=O) groups is 2. The molecular weight excluding hydrogens is 266 g/mol. The summed E-state index contributed by atoms with van der Waals surface area (Å²) in [4.78, 5) is 26.4. The predicted octanol–water partition coefficient (Wildman–Crippen LogP) is 1.03. The monoisotopic (exact) mass is 293 g/mol. The number of carbonyl (C=O) groups excluding carboxylic acids is 2. The van der Waals surface area contributed by atoms with Crippen molar-refractivity contribution in [1.82, 2.24) is 15.5 Å². The van der Waals surface area contributed by atoms with Crippen LogP contribution in [-0.2, 0) is 9.59 Å². The van der Waals surface area contributed by atoms with Gasteiger partial charge in [-0.05, 0) is 38.0 Å². The Kier molecular flexibility index (Phi) is 4.20. The first kappa shape index (κ1) is 14.8. The summed E-state index contributed by atoms with van der Waals surface area (Å²) in [6.45, 7) is 4.79. The smallest absolute Gasteiger partial charge is 0.243 e. The summed E-state index contributed by atoms with van der Waals surface area (Å²) in [6.07, 6.45) is 5.99. The Morgan fingerprint density at radius 1 is 1.29 bits per heavy atom. The first-order valence-electron chi connectivity index (χ1n) is 8.40. The largest absolute Gasteiger partial charge is 0.351 e. The van der Waals surface area contributed by atoms with Gasteiger partial charge in [-0.2, -0.15) is 0 Å². The van der Waals surface area contributed by atoms with E-state index in [1.165, 1.54) is 12.8 Å². The number of fused-ring (bicyclic) bond motifs is 2. The number of likely N-dealkylation sites (tertiary alicyclic amines) is 1. The second kappa shape index (κ2) is 5.95. The molecule has 0 aromatic rings. The zero-order chi connectivity index (χ0) is 15.0. The van der Waals surface area contributed by atoms with E-state index in [1.807, 2.05) is 13.8 Å². The summed E-state index contributed by atoms with van der Waals surface area (Å²) in [6, 6.07) is 1.11. The summed E-state index contributed by atoms with van der Waals surface area (Å²) >= 11 is 0. The predicted molar refractivity (Wildman–Crippen MR) is 80.7 cm³/mol. The molecule has 5 heteroatoms. The number of nitrogens with zero attached hydrogens (tertiary/aromatic N) is 1. The standard InChI is InChI=1S/C16H27N3O2/c1-10(2)15(19-7-3-4-14(19)20)16(21)18-13-8-11-5-6-12(9-13)17-11/h10-13,15,17H,3-9H2,1-2H3,(H,18,21). The van der Waals surface area contributed by atoms with Crippen molar-refractivity contribution in [1.29, 1.82) is 0 Å². The molecule has 0 spiro atoms. The Morgan fingerprint density at radius 2 is 1.95 bits per heavy atom. The molecule has 5 nitrogen and oxygen atoms in total. The van der Waals surface area contributed by atoms with Crippen LogP contribution in [0, 0.1) is 5.92 Å². The molecule has 0 aliphatic carbocycles. The quantitative estimate of drug-likeness (QED) is 0.814. The molecule has 3 unspecified atom stereocenters. The second-order valence-electron chi connectivity index (χ2n) is 7.19. The molecule has 3 atom stereocenters. The number of hydrogen-bond donors (Lipinski definition) is 2. The van der Waals surface area contributed by atoms with Crippen molar-refractivity contribution in [2.24, 2.45) is 5.92 Å². The molecule has 21 heavy (non-hydrogen) atoms. The van der Waals surface area contributed by atoms with Gasteiger partial charge in [-0.15, -0.1) is 0 Å². The van der Waals surface area contributed by atoms with Crippen LogP contribution in [-0.4, -0.2) is 47.4 Å². The molecule has 0 saturated carbocycles. The second-order valence-corrected chi connectivity index (χ2v) is 7.19. The lowest BCUT2D eigenvalue weighted by atomic mass is 9.97. The van der Waals surface area contributed by atoms with Crippen molar-refractivity contribution >= 4 is 11.8 Å². The highest BCUT2D eigenvalue weighted by Crippen LogP contribution is 2.27. The van der Waals surface area contributed by atoms with Gasteiger partial charge in [0, 0.05) is 31.1 Å². The molecule has 3 aliphatic heterocycles. The van der Waals surface area contributed by atoms with E-state index in [0.29, 0.717) is 18.5 Å². The minimum Gasteiger partial charge on any atom is -0.351 e. The zero-order valence-corrected chi connectivity index (χ0v) is 13.1. The van der Waals surface area contributed by atoms with Crippen molar-refractivity contribution in [2.45, 2.75) is 76.5 Å². The van der Waals surface area contributed by atoms with Crippen LogP contribution < -0.4 is 10.6 Å². The molecule has 3 rings (SSSR count). The highest BCUT2D eigenvalue weighted by atomic mass is 16.2. The minimum absolute atomic E-state index is 0.0477. The molecule has 3 fully saturated rings. The molecule has 3 heterocycles. The van der Waals surface area contributed by atoms with E-state index in [9.17, 15) is 9.59 Å². The number of amides is 2. The van der Waals surface area contributed by atoms with Gasteiger partial charge in [0.05, 0.1) is 0 Å². The highest BCUT2D eigenvalue weighted by molar-refractivity contribution is 5.89. The number of rotatable bonds is 4. The lowest BCUT2D eigenvalue weighted by Gasteiger charge is -2.34. The highest BCUT2D eigenvalue weighted by Gasteiger charge is 2.38. The number of piperidine rings is 1. The van der Waals surface area contributed by atoms with Gasteiger partial charge in [0.2, 0.25) is 11.8 Å². The van der Waals surface area contributed by atoms with Crippen LogP contribution in [0.15, 0.2) is 0 Å². The van der Waals surface area contributed by atoms with Gasteiger partial charge in [-0.3, -0.25) is 9.59 Å². The number of hydrogen-bond acceptors (Lipinski definition) is 3. The zero-order valence-electron chi connectivity index (χ0n) is 13.1. The third-order valence-corrected chi connectivity index (χ3v) is 5.17. The average Bonchev–Trinajstić information content (AvgIpc) is 2.96. The fourth-order valence-corrected chi connectivity index (χ4v) is 4.23. The molecule has 3 saturated heterocycles. The van der Waals surface area contributed by atoms with E-state index in [1.54, 1.807) is 4.90 Å². The molecule has 2 N–H and O–H groups in total. The fourth-order valence-electron chi connectivity index (χ4n) is 4.23. The normalized spacial score (nSPS) is 33.6. The minimum atomic E-state index is -0.299. The molecule has 3 aliphatic rings. The summed E-state index contributed by atoms with van der Waals surface area (Å²) in [5.74, 6) is 0.339. The lowest BCUT2D eigenvalue weighted by Crippen LogP contribution is -2.55. The van der Waals surface area contributed by atoms with Crippen LogP contribution in [0.5, 0.6) is 0 Å². The van der Waals surface area contributed by atoms with Gasteiger partial charge >= 0.3 is 0 Å². The van der Waals surface area contributed by atoms with Gasteiger partial charge in [0.1, 0.15) is 6.04 Å². The first-order valence-corrected chi connectivity index (χ1v) is 8.40. The molecule has 0 aromatic heterocycles.